The number of aromatic nitrogens is 1. The first-order chi connectivity index (χ1) is 10.5. The SMILES string of the molecule is Cc1cc(F)cc2c(=O)c(C(=O)N3CCC[C@@H]3CO)c[nH]c12. The number of halogens is 1. The molecular weight excluding hydrogens is 287 g/mol. The molecule has 1 aliphatic heterocycles. The number of nitrogens with one attached hydrogen (secondary N) is 1. The second kappa shape index (κ2) is 5.53. The molecule has 1 aromatic heterocycles. The largest absolute Gasteiger partial charge is 0.394 e. The van der Waals surface area contributed by atoms with E-state index in [0.29, 0.717) is 17.6 Å². The first-order valence-corrected chi connectivity index (χ1v) is 7.26. The number of nitrogens with zero attached hydrogens (tertiary/aromatic N) is 1. The van der Waals surface area contributed by atoms with Crippen LogP contribution in [0.3, 0.4) is 0 Å². The van der Waals surface area contributed by atoms with E-state index in [4.69, 9.17) is 0 Å². The maximum absolute atomic E-state index is 13.5. The highest BCUT2D eigenvalue weighted by molar-refractivity contribution is 5.97. The summed E-state index contributed by atoms with van der Waals surface area (Å²) in [7, 11) is 0. The maximum Gasteiger partial charge on any atom is 0.259 e. The minimum absolute atomic E-state index is 0.0159. The molecule has 22 heavy (non-hydrogen) atoms. The number of amides is 1. The summed E-state index contributed by atoms with van der Waals surface area (Å²) in [6, 6.07) is 2.23. The third-order valence-electron chi connectivity index (χ3n) is 4.23. The summed E-state index contributed by atoms with van der Waals surface area (Å²) in [6.45, 7) is 2.10. The summed E-state index contributed by atoms with van der Waals surface area (Å²) in [6.07, 6.45) is 2.91. The van der Waals surface area contributed by atoms with Crippen molar-refractivity contribution in [2.24, 2.45) is 0 Å². The molecule has 116 valence electrons. The second-order valence-electron chi connectivity index (χ2n) is 5.65. The van der Waals surface area contributed by atoms with Gasteiger partial charge < -0.3 is 15.0 Å². The zero-order chi connectivity index (χ0) is 15.9. The topological polar surface area (TPSA) is 73.4 Å². The molecule has 2 N–H and O–H groups in total. The molecule has 1 fully saturated rings. The van der Waals surface area contributed by atoms with Crippen molar-refractivity contribution in [1.29, 1.82) is 0 Å². The van der Waals surface area contributed by atoms with E-state index in [1.165, 1.54) is 17.2 Å². The molecule has 1 atom stereocenters. The third-order valence-corrected chi connectivity index (χ3v) is 4.23. The number of fused-ring (bicyclic) bond motifs is 1. The molecule has 5 nitrogen and oxygen atoms in total. The number of rotatable bonds is 2. The number of carbonyl (C=O) groups excluding carboxylic acids is 1. The van der Waals surface area contributed by atoms with Gasteiger partial charge in [0, 0.05) is 18.1 Å². The van der Waals surface area contributed by atoms with Crippen LogP contribution in [0.1, 0.15) is 28.8 Å². The van der Waals surface area contributed by atoms with Gasteiger partial charge in [-0.05, 0) is 37.5 Å². The summed E-state index contributed by atoms with van der Waals surface area (Å²) in [5.41, 5.74) is 0.645. The van der Waals surface area contributed by atoms with E-state index in [9.17, 15) is 19.1 Å². The first kappa shape index (κ1) is 14.7. The summed E-state index contributed by atoms with van der Waals surface area (Å²) in [4.78, 5) is 29.5. The Bertz CT molecular complexity index is 800. The number of hydrogen-bond acceptors (Lipinski definition) is 3. The number of aliphatic hydroxyl groups excluding tert-OH is 1. The van der Waals surface area contributed by atoms with E-state index in [1.807, 2.05) is 0 Å². The molecule has 2 aromatic rings. The van der Waals surface area contributed by atoms with Crippen molar-refractivity contribution in [1.82, 2.24) is 9.88 Å². The van der Waals surface area contributed by atoms with Crippen LogP contribution < -0.4 is 5.43 Å². The number of aromatic amines is 1. The van der Waals surface area contributed by atoms with Crippen molar-refractivity contribution in [2.45, 2.75) is 25.8 Å². The van der Waals surface area contributed by atoms with Gasteiger partial charge in [-0.2, -0.15) is 0 Å². The van der Waals surface area contributed by atoms with E-state index in [-0.39, 0.29) is 23.6 Å². The van der Waals surface area contributed by atoms with Gasteiger partial charge in [0.15, 0.2) is 0 Å². The lowest BCUT2D eigenvalue weighted by Gasteiger charge is -2.22. The summed E-state index contributed by atoms with van der Waals surface area (Å²) >= 11 is 0. The lowest BCUT2D eigenvalue weighted by atomic mass is 10.1. The fourth-order valence-corrected chi connectivity index (χ4v) is 3.08. The van der Waals surface area contributed by atoms with E-state index in [1.54, 1.807) is 6.92 Å². The van der Waals surface area contributed by atoms with Crippen LogP contribution in [0.4, 0.5) is 4.39 Å². The van der Waals surface area contributed by atoms with Gasteiger partial charge in [-0.25, -0.2) is 4.39 Å². The minimum Gasteiger partial charge on any atom is -0.394 e. The fraction of sp³-hybridized carbons (Fsp3) is 0.375. The minimum atomic E-state index is -0.505. The average molecular weight is 304 g/mol. The number of aliphatic hydroxyl groups is 1. The van der Waals surface area contributed by atoms with E-state index in [0.717, 1.165) is 18.9 Å². The van der Waals surface area contributed by atoms with E-state index in [2.05, 4.69) is 4.98 Å². The van der Waals surface area contributed by atoms with Crippen molar-refractivity contribution in [3.63, 3.8) is 0 Å². The highest BCUT2D eigenvalue weighted by atomic mass is 19.1. The highest BCUT2D eigenvalue weighted by Crippen LogP contribution is 2.20. The number of aryl methyl sites for hydroxylation is 1. The molecule has 0 unspecified atom stereocenters. The Morgan fingerprint density at radius 2 is 2.27 bits per heavy atom. The van der Waals surface area contributed by atoms with Gasteiger partial charge in [0.1, 0.15) is 11.4 Å². The van der Waals surface area contributed by atoms with Gasteiger partial charge in [0.05, 0.1) is 18.2 Å². The monoisotopic (exact) mass is 304 g/mol. The Balaban J connectivity index is 2.10. The fourth-order valence-electron chi connectivity index (χ4n) is 3.08. The van der Waals surface area contributed by atoms with Gasteiger partial charge in [0.2, 0.25) is 5.43 Å². The number of benzene rings is 1. The van der Waals surface area contributed by atoms with Crippen LogP contribution >= 0.6 is 0 Å². The van der Waals surface area contributed by atoms with Crippen molar-refractivity contribution in [3.05, 3.63) is 45.5 Å². The molecule has 0 spiro atoms. The Morgan fingerprint density at radius 3 is 3.00 bits per heavy atom. The van der Waals surface area contributed by atoms with E-state index >= 15 is 0 Å². The van der Waals surface area contributed by atoms with Crippen LogP contribution in [0, 0.1) is 12.7 Å². The van der Waals surface area contributed by atoms with E-state index < -0.39 is 17.2 Å². The molecule has 3 rings (SSSR count). The molecule has 1 aromatic carbocycles. The summed E-state index contributed by atoms with van der Waals surface area (Å²) < 4.78 is 13.5. The molecular formula is C16H17FN2O3. The molecule has 1 saturated heterocycles. The Labute approximate surface area is 126 Å². The van der Waals surface area contributed by atoms with Gasteiger partial charge >= 0.3 is 0 Å². The number of likely N-dealkylation sites (tertiary alicyclic amines) is 1. The highest BCUT2D eigenvalue weighted by Gasteiger charge is 2.30. The lowest BCUT2D eigenvalue weighted by Crippen LogP contribution is -2.39. The average Bonchev–Trinajstić information content (AvgIpc) is 2.96. The number of H-pyrrole nitrogens is 1. The molecule has 2 heterocycles. The van der Waals surface area contributed by atoms with Crippen LogP contribution in [-0.2, 0) is 0 Å². The van der Waals surface area contributed by atoms with Crippen LogP contribution in [-0.4, -0.2) is 40.1 Å². The quantitative estimate of drug-likeness (QED) is 0.884. The van der Waals surface area contributed by atoms with Crippen molar-refractivity contribution in [2.75, 3.05) is 13.2 Å². The van der Waals surface area contributed by atoms with Crippen molar-refractivity contribution >= 4 is 16.8 Å². The lowest BCUT2D eigenvalue weighted by molar-refractivity contribution is 0.0676. The Hall–Kier alpha value is -2.21. The summed E-state index contributed by atoms with van der Waals surface area (Å²) in [5.74, 6) is -0.920. The second-order valence-corrected chi connectivity index (χ2v) is 5.65. The van der Waals surface area contributed by atoms with Crippen molar-refractivity contribution in [3.8, 4) is 0 Å². The normalized spacial score (nSPS) is 18.1. The Kier molecular flexibility index (Phi) is 3.70. The van der Waals surface area contributed by atoms with Crippen LogP contribution in [0.2, 0.25) is 0 Å². The van der Waals surface area contributed by atoms with Gasteiger partial charge in [-0.1, -0.05) is 0 Å². The predicted octanol–water partition coefficient (Wildman–Crippen LogP) is 1.57. The molecule has 0 aliphatic carbocycles. The first-order valence-electron chi connectivity index (χ1n) is 7.26. The molecule has 1 aliphatic rings. The summed E-state index contributed by atoms with van der Waals surface area (Å²) in [5, 5.41) is 9.49. The molecule has 0 saturated carbocycles. The Morgan fingerprint density at radius 1 is 1.50 bits per heavy atom. The molecule has 0 radical (unpaired) electrons. The standard InChI is InChI=1S/C16H17FN2O3/c1-9-5-10(17)6-12-14(9)18-7-13(15(12)21)16(22)19-4-2-3-11(19)8-20/h5-7,11,20H,2-4,8H2,1H3,(H,18,21)/t11-/m1/s1. The number of carbonyl (C=O) groups is 1. The number of hydrogen-bond donors (Lipinski definition) is 2. The van der Waals surface area contributed by atoms with Crippen LogP contribution in [0.5, 0.6) is 0 Å². The number of pyridine rings is 1. The zero-order valence-electron chi connectivity index (χ0n) is 12.2. The zero-order valence-corrected chi connectivity index (χ0v) is 12.2. The van der Waals surface area contributed by atoms with Crippen LogP contribution in [0.25, 0.3) is 10.9 Å². The van der Waals surface area contributed by atoms with Crippen LogP contribution in [0.15, 0.2) is 23.1 Å². The van der Waals surface area contributed by atoms with Gasteiger partial charge in [-0.15, -0.1) is 0 Å². The molecule has 6 heteroatoms. The third kappa shape index (κ3) is 2.29. The van der Waals surface area contributed by atoms with Gasteiger partial charge in [0.25, 0.3) is 5.91 Å². The molecule has 0 bridgehead atoms. The maximum atomic E-state index is 13.5. The smallest absolute Gasteiger partial charge is 0.259 e. The predicted molar refractivity (Wildman–Crippen MR) is 80.4 cm³/mol. The van der Waals surface area contributed by atoms with Gasteiger partial charge in [-0.3, -0.25) is 9.59 Å². The van der Waals surface area contributed by atoms with Crippen molar-refractivity contribution < 1.29 is 14.3 Å². The molecule has 1 amide bonds.